The molecule has 1 amide bonds. The van der Waals surface area contributed by atoms with Crippen LogP contribution < -0.4 is 9.47 Å². The molecule has 1 aromatic rings. The summed E-state index contributed by atoms with van der Waals surface area (Å²) in [5.74, 6) is 2.51. The van der Waals surface area contributed by atoms with Gasteiger partial charge in [0.1, 0.15) is 0 Å². The molecule has 0 aliphatic carbocycles. The molecule has 7 heteroatoms. The highest BCUT2D eigenvalue weighted by molar-refractivity contribution is 9.10. The molecule has 1 aromatic carbocycles. The number of hydrogen-bond donors (Lipinski definition) is 0. The second kappa shape index (κ2) is 8.68. The number of ether oxygens (including phenoxy) is 2. The molecule has 0 aromatic heterocycles. The molecular weight excluding hydrogens is 382 g/mol. The highest BCUT2D eigenvalue weighted by Crippen LogP contribution is 2.34. The largest absolute Gasteiger partial charge is 0.490 e. The molecule has 0 N–H and O–H groups in total. The second-order valence-electron chi connectivity index (χ2n) is 5.16. The van der Waals surface area contributed by atoms with Crippen molar-refractivity contribution in [1.29, 1.82) is 0 Å². The third kappa shape index (κ3) is 4.94. The lowest BCUT2D eigenvalue weighted by molar-refractivity contribution is -0.130. The van der Waals surface area contributed by atoms with Gasteiger partial charge in [0.25, 0.3) is 0 Å². The van der Waals surface area contributed by atoms with Crippen LogP contribution in [0.1, 0.15) is 19.4 Å². The van der Waals surface area contributed by atoms with Crippen molar-refractivity contribution in [3.05, 3.63) is 22.2 Å². The van der Waals surface area contributed by atoms with Crippen molar-refractivity contribution in [2.24, 2.45) is 0 Å². The first kappa shape index (κ1) is 18.3. The van der Waals surface area contributed by atoms with Crippen molar-refractivity contribution in [2.75, 3.05) is 37.8 Å². The molecule has 0 bridgehead atoms. The van der Waals surface area contributed by atoms with Crippen LogP contribution in [0.4, 0.5) is 0 Å². The number of rotatable bonds is 6. The fourth-order valence-electron chi connectivity index (χ4n) is 2.41. The van der Waals surface area contributed by atoms with Gasteiger partial charge in [-0.25, -0.2) is 0 Å². The zero-order chi connectivity index (χ0) is 16.8. The SMILES string of the molecule is CCOc1cc(Br)c(CC(=O)N2CCS(=O)CC2)cc1OCC. The van der Waals surface area contributed by atoms with Crippen LogP contribution in [0.3, 0.4) is 0 Å². The quantitative estimate of drug-likeness (QED) is 0.731. The Kier molecular flexibility index (Phi) is 6.89. The number of nitrogens with zero attached hydrogens (tertiary/aromatic N) is 1. The van der Waals surface area contributed by atoms with E-state index in [4.69, 9.17) is 9.47 Å². The number of benzene rings is 1. The van der Waals surface area contributed by atoms with Crippen LogP contribution >= 0.6 is 15.9 Å². The van der Waals surface area contributed by atoms with Crippen LogP contribution in [0, 0.1) is 0 Å². The Morgan fingerprint density at radius 2 is 1.74 bits per heavy atom. The highest BCUT2D eigenvalue weighted by atomic mass is 79.9. The Hall–Kier alpha value is -1.08. The fraction of sp³-hybridized carbons (Fsp3) is 0.562. The number of hydrogen-bond acceptors (Lipinski definition) is 4. The Bertz CT molecular complexity index is 584. The van der Waals surface area contributed by atoms with E-state index in [0.29, 0.717) is 55.7 Å². The van der Waals surface area contributed by atoms with E-state index in [1.54, 1.807) is 4.90 Å². The predicted molar refractivity (Wildman–Crippen MR) is 94.6 cm³/mol. The maximum atomic E-state index is 12.4. The normalized spacial score (nSPS) is 15.5. The van der Waals surface area contributed by atoms with E-state index >= 15 is 0 Å². The Balaban J connectivity index is 2.13. The number of halogens is 1. The minimum Gasteiger partial charge on any atom is -0.490 e. The minimum absolute atomic E-state index is 0.0500. The molecule has 0 spiro atoms. The Morgan fingerprint density at radius 3 is 2.30 bits per heavy atom. The summed E-state index contributed by atoms with van der Waals surface area (Å²) < 4.78 is 23.4. The van der Waals surface area contributed by atoms with Crippen LogP contribution in [0.5, 0.6) is 11.5 Å². The predicted octanol–water partition coefficient (Wildman–Crippen LogP) is 2.38. The van der Waals surface area contributed by atoms with Crippen LogP contribution in [0.25, 0.3) is 0 Å². The molecule has 1 saturated heterocycles. The van der Waals surface area contributed by atoms with Gasteiger partial charge in [0.05, 0.1) is 19.6 Å². The van der Waals surface area contributed by atoms with Gasteiger partial charge in [0.15, 0.2) is 11.5 Å². The number of amides is 1. The molecule has 1 fully saturated rings. The van der Waals surface area contributed by atoms with Crippen LogP contribution in [-0.2, 0) is 22.0 Å². The Labute approximate surface area is 147 Å². The van der Waals surface area contributed by atoms with Gasteiger partial charge in [-0.3, -0.25) is 9.00 Å². The minimum atomic E-state index is -0.780. The van der Waals surface area contributed by atoms with E-state index in [1.165, 1.54) is 0 Å². The summed E-state index contributed by atoms with van der Waals surface area (Å²) in [6.45, 7) is 6.05. The maximum absolute atomic E-state index is 12.4. The van der Waals surface area contributed by atoms with Gasteiger partial charge in [-0.2, -0.15) is 0 Å². The summed E-state index contributed by atoms with van der Waals surface area (Å²) in [6, 6.07) is 3.71. The highest BCUT2D eigenvalue weighted by Gasteiger charge is 2.21. The molecule has 128 valence electrons. The van der Waals surface area contributed by atoms with Crippen LogP contribution in [0.15, 0.2) is 16.6 Å². The van der Waals surface area contributed by atoms with Gasteiger partial charge in [-0.15, -0.1) is 0 Å². The van der Waals surface area contributed by atoms with E-state index in [2.05, 4.69) is 15.9 Å². The van der Waals surface area contributed by atoms with Crippen molar-refractivity contribution in [3.8, 4) is 11.5 Å². The van der Waals surface area contributed by atoms with E-state index in [9.17, 15) is 9.00 Å². The molecule has 1 aliphatic rings. The van der Waals surface area contributed by atoms with Gasteiger partial charge in [-0.05, 0) is 31.5 Å². The summed E-state index contributed by atoms with van der Waals surface area (Å²) in [5, 5.41) is 0. The lowest BCUT2D eigenvalue weighted by Gasteiger charge is -2.26. The Morgan fingerprint density at radius 1 is 1.17 bits per heavy atom. The van der Waals surface area contributed by atoms with Crippen molar-refractivity contribution in [2.45, 2.75) is 20.3 Å². The summed E-state index contributed by atoms with van der Waals surface area (Å²) in [7, 11) is -0.780. The molecule has 0 atom stereocenters. The molecule has 2 rings (SSSR count). The standard InChI is InChI=1S/C16H22BrNO4S/c1-3-21-14-9-12(13(17)11-15(14)22-4-2)10-16(19)18-5-7-23(20)8-6-18/h9,11H,3-8,10H2,1-2H3. The second-order valence-corrected chi connectivity index (χ2v) is 7.71. The first-order valence-corrected chi connectivity index (χ1v) is 10.0. The van der Waals surface area contributed by atoms with Crippen molar-refractivity contribution >= 4 is 32.6 Å². The average Bonchev–Trinajstić information content (AvgIpc) is 2.52. The molecule has 0 radical (unpaired) electrons. The molecular formula is C16H22BrNO4S. The first-order valence-electron chi connectivity index (χ1n) is 7.75. The van der Waals surface area contributed by atoms with Gasteiger partial charge in [-0.1, -0.05) is 15.9 Å². The first-order chi connectivity index (χ1) is 11.0. The van der Waals surface area contributed by atoms with Gasteiger partial charge < -0.3 is 14.4 Å². The van der Waals surface area contributed by atoms with E-state index < -0.39 is 10.8 Å². The molecule has 23 heavy (non-hydrogen) atoms. The zero-order valence-corrected chi connectivity index (χ0v) is 15.9. The summed E-state index contributed by atoms with van der Waals surface area (Å²) >= 11 is 3.51. The zero-order valence-electron chi connectivity index (χ0n) is 13.5. The van der Waals surface area contributed by atoms with E-state index in [0.717, 1.165) is 10.0 Å². The van der Waals surface area contributed by atoms with E-state index in [-0.39, 0.29) is 5.91 Å². The summed E-state index contributed by atoms with van der Waals surface area (Å²) in [4.78, 5) is 14.2. The summed E-state index contributed by atoms with van der Waals surface area (Å²) in [6.07, 6.45) is 0.291. The van der Waals surface area contributed by atoms with Gasteiger partial charge in [0, 0.05) is 39.9 Å². The number of carbonyl (C=O) groups is 1. The number of carbonyl (C=O) groups excluding carboxylic acids is 1. The third-order valence-electron chi connectivity index (χ3n) is 3.58. The van der Waals surface area contributed by atoms with Crippen molar-refractivity contribution in [3.63, 3.8) is 0 Å². The maximum Gasteiger partial charge on any atom is 0.227 e. The molecule has 0 saturated carbocycles. The van der Waals surface area contributed by atoms with Gasteiger partial charge in [0.2, 0.25) is 5.91 Å². The van der Waals surface area contributed by atoms with Crippen LogP contribution in [0.2, 0.25) is 0 Å². The summed E-state index contributed by atoms with van der Waals surface area (Å²) in [5.41, 5.74) is 0.869. The lowest BCUT2D eigenvalue weighted by Crippen LogP contribution is -2.42. The average molecular weight is 404 g/mol. The molecule has 5 nitrogen and oxygen atoms in total. The smallest absolute Gasteiger partial charge is 0.227 e. The van der Waals surface area contributed by atoms with Crippen molar-refractivity contribution < 1.29 is 18.5 Å². The monoisotopic (exact) mass is 403 g/mol. The molecule has 0 unspecified atom stereocenters. The van der Waals surface area contributed by atoms with Gasteiger partial charge >= 0.3 is 0 Å². The van der Waals surface area contributed by atoms with E-state index in [1.807, 2.05) is 26.0 Å². The fourth-order valence-corrected chi connectivity index (χ4v) is 3.93. The van der Waals surface area contributed by atoms with Crippen LogP contribution in [-0.4, -0.2) is 52.8 Å². The van der Waals surface area contributed by atoms with Crippen molar-refractivity contribution in [1.82, 2.24) is 4.90 Å². The third-order valence-corrected chi connectivity index (χ3v) is 5.60. The molecule has 1 aliphatic heterocycles. The lowest BCUT2D eigenvalue weighted by atomic mass is 10.1. The molecule has 1 heterocycles. The topological polar surface area (TPSA) is 55.8 Å².